The predicted octanol–water partition coefficient (Wildman–Crippen LogP) is 3.73. The average molecular weight is 307 g/mol. The Bertz CT molecular complexity index is 398. The van der Waals surface area contributed by atoms with Gasteiger partial charge in [0.05, 0.1) is 0 Å². The molecular weight excluding hydrogens is 276 g/mol. The second-order valence-corrected chi connectivity index (χ2v) is 7.43. The van der Waals surface area contributed by atoms with Crippen molar-refractivity contribution < 1.29 is 0 Å². The van der Waals surface area contributed by atoms with E-state index in [1.807, 2.05) is 0 Å². The predicted molar refractivity (Wildman–Crippen MR) is 95.2 cm³/mol. The zero-order chi connectivity index (χ0) is 15.1. The van der Waals surface area contributed by atoms with Gasteiger partial charge in [-0.05, 0) is 49.2 Å². The Morgan fingerprint density at radius 2 is 2.10 bits per heavy atom. The van der Waals surface area contributed by atoms with Crippen LogP contribution in [0.3, 0.4) is 0 Å². The Morgan fingerprint density at radius 1 is 1.33 bits per heavy atom. The summed E-state index contributed by atoms with van der Waals surface area (Å²) < 4.78 is 0. The van der Waals surface area contributed by atoms with Gasteiger partial charge < -0.3 is 5.32 Å². The van der Waals surface area contributed by atoms with E-state index in [1.165, 1.54) is 35.5 Å². The first-order chi connectivity index (χ1) is 10.2. The minimum Gasteiger partial charge on any atom is -0.316 e. The number of rotatable bonds is 8. The van der Waals surface area contributed by atoms with E-state index in [4.69, 9.17) is 0 Å². The number of nitrogens with one attached hydrogen (secondary N) is 1. The van der Waals surface area contributed by atoms with Crippen LogP contribution in [0, 0.1) is 0 Å². The molecule has 118 valence electrons. The van der Waals surface area contributed by atoms with Crippen molar-refractivity contribution in [2.24, 2.45) is 0 Å². The van der Waals surface area contributed by atoms with E-state index in [2.05, 4.69) is 67.1 Å². The second kappa shape index (κ2) is 8.82. The maximum atomic E-state index is 3.51. The topological polar surface area (TPSA) is 15.3 Å². The SMILES string of the molecule is CCCNCC(C)c1ccc(CN(C)C2CCSC2)cc1. The van der Waals surface area contributed by atoms with Crippen LogP contribution in [0.15, 0.2) is 24.3 Å². The summed E-state index contributed by atoms with van der Waals surface area (Å²) in [5.74, 6) is 3.22. The highest BCUT2D eigenvalue weighted by molar-refractivity contribution is 7.99. The maximum absolute atomic E-state index is 3.51. The van der Waals surface area contributed by atoms with E-state index < -0.39 is 0 Å². The molecule has 1 aromatic carbocycles. The molecule has 0 aromatic heterocycles. The molecule has 2 nitrogen and oxygen atoms in total. The molecule has 21 heavy (non-hydrogen) atoms. The molecule has 1 fully saturated rings. The number of nitrogens with zero attached hydrogens (tertiary/aromatic N) is 1. The van der Waals surface area contributed by atoms with Crippen LogP contribution >= 0.6 is 11.8 Å². The Balaban J connectivity index is 1.83. The summed E-state index contributed by atoms with van der Waals surface area (Å²) in [6.45, 7) is 7.79. The first kappa shape index (κ1) is 16.9. The van der Waals surface area contributed by atoms with Gasteiger partial charge >= 0.3 is 0 Å². The monoisotopic (exact) mass is 306 g/mol. The molecule has 0 spiro atoms. The van der Waals surface area contributed by atoms with Crippen molar-refractivity contribution in [3.8, 4) is 0 Å². The first-order valence-electron chi connectivity index (χ1n) is 8.28. The molecule has 1 aliphatic heterocycles. The van der Waals surface area contributed by atoms with Crippen molar-refractivity contribution >= 4 is 11.8 Å². The fourth-order valence-electron chi connectivity index (χ4n) is 2.85. The van der Waals surface area contributed by atoms with Crippen molar-refractivity contribution in [1.29, 1.82) is 0 Å². The quantitative estimate of drug-likeness (QED) is 0.737. The second-order valence-electron chi connectivity index (χ2n) is 6.28. The summed E-state index contributed by atoms with van der Waals surface area (Å²) >= 11 is 2.09. The molecule has 0 saturated carbocycles. The maximum Gasteiger partial charge on any atom is 0.0233 e. The van der Waals surface area contributed by atoms with Crippen LogP contribution in [-0.2, 0) is 6.54 Å². The largest absolute Gasteiger partial charge is 0.316 e. The molecule has 0 radical (unpaired) electrons. The third kappa shape index (κ3) is 5.32. The summed E-state index contributed by atoms with van der Waals surface area (Å²) in [5, 5.41) is 3.51. The third-order valence-corrected chi connectivity index (χ3v) is 5.53. The molecule has 1 heterocycles. The van der Waals surface area contributed by atoms with Gasteiger partial charge in [0.25, 0.3) is 0 Å². The smallest absolute Gasteiger partial charge is 0.0233 e. The Labute approximate surface area is 134 Å². The van der Waals surface area contributed by atoms with Crippen LogP contribution in [0.2, 0.25) is 0 Å². The summed E-state index contributed by atoms with van der Waals surface area (Å²) in [7, 11) is 2.27. The van der Waals surface area contributed by atoms with Crippen LogP contribution in [-0.4, -0.2) is 42.6 Å². The highest BCUT2D eigenvalue weighted by Crippen LogP contribution is 2.23. The number of hydrogen-bond acceptors (Lipinski definition) is 3. The summed E-state index contributed by atoms with van der Waals surface area (Å²) in [4.78, 5) is 2.52. The van der Waals surface area contributed by atoms with Crippen molar-refractivity contribution in [3.05, 3.63) is 35.4 Å². The van der Waals surface area contributed by atoms with Crippen molar-refractivity contribution in [2.45, 2.75) is 45.2 Å². The number of hydrogen-bond donors (Lipinski definition) is 1. The van der Waals surface area contributed by atoms with Crippen molar-refractivity contribution in [1.82, 2.24) is 10.2 Å². The standard InChI is InChI=1S/C18H30N2S/c1-4-10-19-12-15(2)17-7-5-16(6-8-17)13-20(3)18-9-11-21-14-18/h5-8,15,18-19H,4,9-14H2,1-3H3. The fourth-order valence-corrected chi connectivity index (χ4v) is 4.15. The Hall–Kier alpha value is -0.510. The molecule has 2 unspecified atom stereocenters. The van der Waals surface area contributed by atoms with Crippen molar-refractivity contribution in [2.75, 3.05) is 31.6 Å². The van der Waals surface area contributed by atoms with Gasteiger partial charge in [-0.15, -0.1) is 0 Å². The molecule has 0 bridgehead atoms. The van der Waals surface area contributed by atoms with Crippen LogP contribution in [0.1, 0.15) is 43.7 Å². The fraction of sp³-hybridized carbons (Fsp3) is 0.667. The number of benzene rings is 1. The lowest BCUT2D eigenvalue weighted by molar-refractivity contribution is 0.254. The molecule has 1 saturated heterocycles. The van der Waals surface area contributed by atoms with Gasteiger partial charge in [0.1, 0.15) is 0 Å². The summed E-state index contributed by atoms with van der Waals surface area (Å²) in [6, 6.07) is 10.0. The van der Waals surface area contributed by atoms with Gasteiger partial charge in [-0.2, -0.15) is 11.8 Å². The Morgan fingerprint density at radius 3 is 2.71 bits per heavy atom. The molecule has 2 rings (SSSR count). The molecule has 2 atom stereocenters. The zero-order valence-corrected chi connectivity index (χ0v) is 14.6. The van der Waals surface area contributed by atoms with E-state index in [1.54, 1.807) is 0 Å². The van der Waals surface area contributed by atoms with Gasteiger partial charge in [0.2, 0.25) is 0 Å². The lowest BCUT2D eigenvalue weighted by Crippen LogP contribution is -2.30. The molecule has 1 N–H and O–H groups in total. The lowest BCUT2D eigenvalue weighted by atomic mass is 9.99. The zero-order valence-electron chi connectivity index (χ0n) is 13.8. The van der Waals surface area contributed by atoms with Crippen LogP contribution in [0.25, 0.3) is 0 Å². The number of thioether (sulfide) groups is 1. The van der Waals surface area contributed by atoms with E-state index in [-0.39, 0.29) is 0 Å². The average Bonchev–Trinajstić information content (AvgIpc) is 3.02. The van der Waals surface area contributed by atoms with Crippen LogP contribution in [0.5, 0.6) is 0 Å². The summed E-state index contributed by atoms with van der Waals surface area (Å²) in [6.07, 6.45) is 2.55. The highest BCUT2D eigenvalue weighted by atomic mass is 32.2. The summed E-state index contributed by atoms with van der Waals surface area (Å²) in [5.41, 5.74) is 2.88. The molecular formula is C18H30N2S. The van der Waals surface area contributed by atoms with Gasteiger partial charge in [0.15, 0.2) is 0 Å². The van der Waals surface area contributed by atoms with E-state index in [0.29, 0.717) is 5.92 Å². The molecule has 0 amide bonds. The first-order valence-corrected chi connectivity index (χ1v) is 9.43. The minimum atomic E-state index is 0.592. The van der Waals surface area contributed by atoms with Gasteiger partial charge in [-0.3, -0.25) is 4.90 Å². The Kier molecular flexibility index (Phi) is 7.08. The van der Waals surface area contributed by atoms with Gasteiger partial charge in [0, 0.05) is 24.9 Å². The van der Waals surface area contributed by atoms with Crippen LogP contribution in [0.4, 0.5) is 0 Å². The van der Waals surface area contributed by atoms with E-state index in [9.17, 15) is 0 Å². The van der Waals surface area contributed by atoms with Gasteiger partial charge in [-0.25, -0.2) is 0 Å². The van der Waals surface area contributed by atoms with Crippen molar-refractivity contribution in [3.63, 3.8) is 0 Å². The molecule has 1 aromatic rings. The molecule has 0 aliphatic carbocycles. The highest BCUT2D eigenvalue weighted by Gasteiger charge is 2.19. The minimum absolute atomic E-state index is 0.592. The normalized spacial score (nSPS) is 20.1. The third-order valence-electron chi connectivity index (χ3n) is 4.39. The molecule has 3 heteroatoms. The van der Waals surface area contributed by atoms with E-state index in [0.717, 1.165) is 25.7 Å². The lowest BCUT2D eigenvalue weighted by Gasteiger charge is -2.23. The van der Waals surface area contributed by atoms with Gasteiger partial charge in [-0.1, -0.05) is 38.1 Å². The van der Waals surface area contributed by atoms with E-state index >= 15 is 0 Å². The van der Waals surface area contributed by atoms with Crippen LogP contribution < -0.4 is 5.32 Å². The molecule has 1 aliphatic rings.